The quantitative estimate of drug-likeness (QED) is 0.382. The van der Waals surface area contributed by atoms with Crippen LogP contribution in [0.3, 0.4) is 0 Å². The highest BCUT2D eigenvalue weighted by Crippen LogP contribution is 2.60. The van der Waals surface area contributed by atoms with E-state index in [-0.39, 0.29) is 11.5 Å². The molecule has 152 valence electrons. The van der Waals surface area contributed by atoms with Gasteiger partial charge in [-0.05, 0) is 49.7 Å². The van der Waals surface area contributed by atoms with Crippen molar-refractivity contribution in [2.75, 3.05) is 0 Å². The Labute approximate surface area is 175 Å². The zero-order valence-corrected chi connectivity index (χ0v) is 17.2. The van der Waals surface area contributed by atoms with E-state index in [0.717, 1.165) is 17.5 Å². The van der Waals surface area contributed by atoms with Crippen molar-refractivity contribution in [2.24, 2.45) is 5.41 Å². The first-order valence-electron chi connectivity index (χ1n) is 10.0. The number of hydrogen-bond donors (Lipinski definition) is 2. The lowest BCUT2D eigenvalue weighted by atomic mass is 9.51. The maximum absolute atomic E-state index is 11.0. The molecule has 0 amide bonds. The Morgan fingerprint density at radius 3 is 1.41 bits per heavy atom. The van der Waals surface area contributed by atoms with Crippen LogP contribution in [0.1, 0.15) is 43.2 Å². The topological polar surface area (TPSA) is 40.5 Å². The van der Waals surface area contributed by atoms with E-state index in [9.17, 15) is 10.2 Å². The summed E-state index contributed by atoms with van der Waals surface area (Å²) in [6.07, 6.45) is 11.0. The summed E-state index contributed by atoms with van der Waals surface area (Å²) in [4.78, 5) is 0. The van der Waals surface area contributed by atoms with Gasteiger partial charge in [0.15, 0.2) is 0 Å². The molecule has 29 heavy (non-hydrogen) atoms. The molecule has 2 nitrogen and oxygen atoms in total. The Hall–Kier alpha value is -3.00. The molecule has 0 saturated heterocycles. The van der Waals surface area contributed by atoms with Crippen LogP contribution in [-0.2, 0) is 5.41 Å². The van der Waals surface area contributed by atoms with Crippen molar-refractivity contribution in [3.63, 3.8) is 0 Å². The molecule has 2 N–H and O–H groups in total. The smallest absolute Gasteiger partial charge is 0.119 e. The van der Waals surface area contributed by atoms with Gasteiger partial charge < -0.3 is 10.2 Å². The molecule has 2 rings (SSSR count). The Morgan fingerprint density at radius 2 is 1.07 bits per heavy atom. The van der Waals surface area contributed by atoms with Gasteiger partial charge in [-0.25, -0.2) is 0 Å². The molecule has 0 bridgehead atoms. The molecule has 0 atom stereocenters. The van der Waals surface area contributed by atoms with Gasteiger partial charge in [-0.3, -0.25) is 0 Å². The summed E-state index contributed by atoms with van der Waals surface area (Å²) in [5, 5.41) is 22.0. The number of phenolic OH excluding ortho intramolecular Hbond substituents is 2. The largest absolute Gasteiger partial charge is 0.508 e. The highest BCUT2D eigenvalue weighted by molar-refractivity contribution is 5.54. The standard InChI is InChI=1S/C27H32O2/c1-5-9-21-27(22-14-10-12-16-24(22)28,23-15-11-13-17-25(23)29)26(18-6-2,19-7-3)20-8-4/h5-8,10-17,28-29H,1-4,9,18-21H2. The Kier molecular flexibility index (Phi) is 7.67. The van der Waals surface area contributed by atoms with Crippen molar-refractivity contribution in [3.05, 3.63) is 110 Å². The van der Waals surface area contributed by atoms with Crippen LogP contribution in [0.2, 0.25) is 0 Å². The minimum atomic E-state index is -0.700. The van der Waals surface area contributed by atoms with Gasteiger partial charge in [0.05, 0.1) is 0 Å². The molecule has 0 aliphatic rings. The Morgan fingerprint density at radius 1 is 0.655 bits per heavy atom. The van der Waals surface area contributed by atoms with Gasteiger partial charge in [0, 0.05) is 16.5 Å². The second-order valence-corrected chi connectivity index (χ2v) is 7.53. The second kappa shape index (κ2) is 9.97. The molecule has 0 saturated carbocycles. The summed E-state index contributed by atoms with van der Waals surface area (Å²) in [6.45, 7) is 16.0. The molecule has 2 heteroatoms. The molecule has 0 aromatic heterocycles. The lowest BCUT2D eigenvalue weighted by Crippen LogP contribution is -2.46. The molecular formula is C27H32O2. The van der Waals surface area contributed by atoms with Gasteiger partial charge >= 0.3 is 0 Å². The van der Waals surface area contributed by atoms with Gasteiger partial charge in [0.1, 0.15) is 11.5 Å². The summed E-state index contributed by atoms with van der Waals surface area (Å²) in [5.74, 6) is 0.419. The predicted octanol–water partition coefficient (Wildman–Crippen LogP) is 7.06. The lowest BCUT2D eigenvalue weighted by Gasteiger charge is -2.52. The van der Waals surface area contributed by atoms with Crippen molar-refractivity contribution >= 4 is 0 Å². The third kappa shape index (κ3) is 4.07. The monoisotopic (exact) mass is 388 g/mol. The number of benzene rings is 2. The van der Waals surface area contributed by atoms with Crippen molar-refractivity contribution < 1.29 is 10.2 Å². The number of para-hydroxylation sites is 2. The van der Waals surface area contributed by atoms with Gasteiger partial charge in [-0.2, -0.15) is 0 Å². The third-order valence-electron chi connectivity index (χ3n) is 5.96. The van der Waals surface area contributed by atoms with E-state index in [4.69, 9.17) is 0 Å². The average Bonchev–Trinajstić information content (AvgIpc) is 2.71. The fourth-order valence-electron chi connectivity index (χ4n) is 4.84. The van der Waals surface area contributed by atoms with E-state index in [2.05, 4.69) is 26.3 Å². The maximum atomic E-state index is 11.0. The van der Waals surface area contributed by atoms with Crippen molar-refractivity contribution in [3.8, 4) is 11.5 Å². The van der Waals surface area contributed by atoms with Crippen molar-refractivity contribution in [1.29, 1.82) is 0 Å². The van der Waals surface area contributed by atoms with Crippen LogP contribution >= 0.6 is 0 Å². The predicted molar refractivity (Wildman–Crippen MR) is 123 cm³/mol. The Bertz CT molecular complexity index is 790. The SMILES string of the molecule is C=CCCC(c1ccccc1O)(c1ccccc1O)C(CC=C)(CC=C)CC=C. The van der Waals surface area contributed by atoms with Crippen LogP contribution in [0.15, 0.2) is 99.2 Å². The van der Waals surface area contributed by atoms with Crippen molar-refractivity contribution in [2.45, 2.75) is 37.5 Å². The van der Waals surface area contributed by atoms with E-state index in [1.54, 1.807) is 12.1 Å². The van der Waals surface area contributed by atoms with Crippen LogP contribution in [-0.4, -0.2) is 10.2 Å². The van der Waals surface area contributed by atoms with E-state index < -0.39 is 10.8 Å². The molecule has 2 aromatic rings. The van der Waals surface area contributed by atoms with E-state index in [1.807, 2.05) is 60.7 Å². The van der Waals surface area contributed by atoms with E-state index in [0.29, 0.717) is 25.7 Å². The zero-order chi connectivity index (χ0) is 21.3. The van der Waals surface area contributed by atoms with Crippen LogP contribution < -0.4 is 0 Å². The molecule has 0 spiro atoms. The summed E-state index contributed by atoms with van der Waals surface area (Å²) in [6, 6.07) is 14.8. The number of allylic oxidation sites excluding steroid dienone is 4. The summed E-state index contributed by atoms with van der Waals surface area (Å²) >= 11 is 0. The number of hydrogen-bond acceptors (Lipinski definition) is 2. The van der Waals surface area contributed by atoms with Gasteiger partial charge in [-0.1, -0.05) is 60.7 Å². The molecule has 0 radical (unpaired) electrons. The Balaban J connectivity index is 3.05. The second-order valence-electron chi connectivity index (χ2n) is 7.53. The van der Waals surface area contributed by atoms with E-state index >= 15 is 0 Å². The maximum Gasteiger partial charge on any atom is 0.119 e. The fourth-order valence-corrected chi connectivity index (χ4v) is 4.84. The lowest BCUT2D eigenvalue weighted by molar-refractivity contribution is 0.139. The molecule has 0 heterocycles. The average molecular weight is 389 g/mol. The number of rotatable bonds is 12. The van der Waals surface area contributed by atoms with E-state index in [1.165, 1.54) is 0 Å². The summed E-state index contributed by atoms with van der Waals surface area (Å²) in [7, 11) is 0. The molecule has 0 fully saturated rings. The minimum Gasteiger partial charge on any atom is -0.508 e. The third-order valence-corrected chi connectivity index (χ3v) is 5.96. The van der Waals surface area contributed by atoms with Gasteiger partial charge in [-0.15, -0.1) is 26.3 Å². The molecule has 0 aliphatic heterocycles. The highest BCUT2D eigenvalue weighted by atomic mass is 16.3. The molecule has 0 unspecified atom stereocenters. The van der Waals surface area contributed by atoms with Crippen LogP contribution in [0.4, 0.5) is 0 Å². The highest BCUT2D eigenvalue weighted by Gasteiger charge is 2.52. The first-order valence-corrected chi connectivity index (χ1v) is 10.0. The summed E-state index contributed by atoms with van der Waals surface area (Å²) in [5.41, 5.74) is 0.454. The van der Waals surface area contributed by atoms with Gasteiger partial charge in [0.25, 0.3) is 0 Å². The van der Waals surface area contributed by atoms with Crippen molar-refractivity contribution in [1.82, 2.24) is 0 Å². The first kappa shape index (κ1) is 22.3. The molecule has 0 aliphatic carbocycles. The van der Waals surface area contributed by atoms with Gasteiger partial charge in [0.2, 0.25) is 0 Å². The minimum absolute atomic E-state index is 0.210. The zero-order valence-electron chi connectivity index (χ0n) is 17.2. The number of phenols is 2. The van der Waals surface area contributed by atoms with Crippen LogP contribution in [0.5, 0.6) is 11.5 Å². The number of aromatic hydroxyl groups is 2. The fraction of sp³-hybridized carbons (Fsp3) is 0.259. The molecule has 2 aromatic carbocycles. The molecular weight excluding hydrogens is 356 g/mol. The first-order chi connectivity index (χ1) is 14.0. The summed E-state index contributed by atoms with van der Waals surface area (Å²) < 4.78 is 0. The normalized spacial score (nSPS) is 11.6. The van der Waals surface area contributed by atoms with Crippen LogP contribution in [0, 0.1) is 5.41 Å². The van der Waals surface area contributed by atoms with Crippen LogP contribution in [0.25, 0.3) is 0 Å².